The van der Waals surface area contributed by atoms with Crippen molar-refractivity contribution in [2.24, 2.45) is 0 Å². The van der Waals surface area contributed by atoms with Crippen LogP contribution in [0.15, 0.2) is 12.1 Å². The van der Waals surface area contributed by atoms with Crippen LogP contribution < -0.4 is 5.32 Å². The third-order valence-corrected chi connectivity index (χ3v) is 3.31. The number of benzene rings is 1. The molecule has 0 radical (unpaired) electrons. The number of hydrogen-bond donors (Lipinski definition) is 1. The van der Waals surface area contributed by atoms with E-state index in [0.717, 1.165) is 24.1 Å². The molecule has 0 aliphatic rings. The van der Waals surface area contributed by atoms with Crippen LogP contribution in [0, 0.1) is 20.8 Å². The van der Waals surface area contributed by atoms with Gasteiger partial charge in [0, 0.05) is 0 Å². The number of nitrogens with one attached hydrogen (secondary N) is 1. The average molecular weight is 263 g/mol. The van der Waals surface area contributed by atoms with Crippen LogP contribution in [0.4, 0.5) is 0 Å². The zero-order valence-corrected chi connectivity index (χ0v) is 12.7. The summed E-state index contributed by atoms with van der Waals surface area (Å²) >= 11 is 0. The molecule has 0 aromatic heterocycles. The molecule has 3 nitrogen and oxygen atoms in total. The maximum atomic E-state index is 12.1. The highest BCUT2D eigenvalue weighted by Gasteiger charge is 2.23. The second-order valence-electron chi connectivity index (χ2n) is 4.93. The van der Waals surface area contributed by atoms with Crippen LogP contribution in [0.1, 0.15) is 48.6 Å². The summed E-state index contributed by atoms with van der Waals surface area (Å²) in [5.41, 5.74) is 4.60. The van der Waals surface area contributed by atoms with Crippen molar-refractivity contribution in [2.45, 2.75) is 47.1 Å². The van der Waals surface area contributed by atoms with E-state index in [1.54, 1.807) is 0 Å². The van der Waals surface area contributed by atoms with Crippen molar-refractivity contribution in [3.8, 4) is 0 Å². The van der Waals surface area contributed by atoms with Crippen LogP contribution in [-0.4, -0.2) is 19.1 Å². The van der Waals surface area contributed by atoms with Crippen molar-refractivity contribution >= 4 is 5.97 Å². The monoisotopic (exact) mass is 263 g/mol. The molecule has 106 valence electrons. The number of hydrogen-bond acceptors (Lipinski definition) is 3. The molecule has 0 aliphatic heterocycles. The van der Waals surface area contributed by atoms with Crippen LogP contribution in [0.2, 0.25) is 0 Å². The number of ether oxygens (including phenoxy) is 1. The van der Waals surface area contributed by atoms with Crippen molar-refractivity contribution in [1.29, 1.82) is 0 Å². The molecular weight excluding hydrogens is 238 g/mol. The molecule has 0 heterocycles. The summed E-state index contributed by atoms with van der Waals surface area (Å²) in [6, 6.07) is 3.86. The summed E-state index contributed by atoms with van der Waals surface area (Å²) in [4.78, 5) is 12.1. The Hall–Kier alpha value is -1.35. The third kappa shape index (κ3) is 4.06. The smallest absolute Gasteiger partial charge is 0.327 e. The Labute approximate surface area is 116 Å². The molecule has 0 fully saturated rings. The van der Waals surface area contributed by atoms with Gasteiger partial charge in [-0.25, -0.2) is 4.79 Å². The molecule has 1 unspecified atom stereocenters. The highest BCUT2D eigenvalue weighted by Crippen LogP contribution is 2.23. The van der Waals surface area contributed by atoms with Crippen molar-refractivity contribution in [3.63, 3.8) is 0 Å². The first kappa shape index (κ1) is 15.7. The minimum atomic E-state index is -0.362. The topological polar surface area (TPSA) is 38.3 Å². The average Bonchev–Trinajstić information content (AvgIpc) is 2.36. The van der Waals surface area contributed by atoms with E-state index in [1.165, 1.54) is 11.1 Å². The fraction of sp³-hybridized carbons (Fsp3) is 0.562. The van der Waals surface area contributed by atoms with E-state index < -0.39 is 0 Å². The number of rotatable bonds is 6. The van der Waals surface area contributed by atoms with Gasteiger partial charge in [0.1, 0.15) is 6.04 Å². The van der Waals surface area contributed by atoms with Crippen LogP contribution >= 0.6 is 0 Å². The van der Waals surface area contributed by atoms with Crippen LogP contribution in [-0.2, 0) is 9.53 Å². The predicted octanol–water partition coefficient (Wildman–Crippen LogP) is 3.22. The van der Waals surface area contributed by atoms with E-state index >= 15 is 0 Å². The number of aryl methyl sites for hydroxylation is 3. The normalized spacial score (nSPS) is 12.3. The molecule has 1 atom stereocenters. The Morgan fingerprint density at radius 2 is 1.79 bits per heavy atom. The SMILES string of the molecule is CCCNC(C(=O)OCC)c1cc(C)c(C)cc1C. The predicted molar refractivity (Wildman–Crippen MR) is 78.3 cm³/mol. The summed E-state index contributed by atoms with van der Waals surface area (Å²) in [5, 5.41) is 3.28. The molecule has 0 bridgehead atoms. The third-order valence-electron chi connectivity index (χ3n) is 3.31. The van der Waals surface area contributed by atoms with E-state index in [2.05, 4.69) is 38.2 Å². The van der Waals surface area contributed by atoms with E-state index in [1.807, 2.05) is 13.8 Å². The first-order valence-corrected chi connectivity index (χ1v) is 6.99. The lowest BCUT2D eigenvalue weighted by atomic mass is 9.95. The van der Waals surface area contributed by atoms with Crippen molar-refractivity contribution in [2.75, 3.05) is 13.2 Å². The minimum absolute atomic E-state index is 0.192. The fourth-order valence-electron chi connectivity index (χ4n) is 2.13. The summed E-state index contributed by atoms with van der Waals surface area (Å²) in [5.74, 6) is -0.192. The lowest BCUT2D eigenvalue weighted by Crippen LogP contribution is -2.31. The van der Waals surface area contributed by atoms with Crippen molar-refractivity contribution in [1.82, 2.24) is 5.32 Å². The van der Waals surface area contributed by atoms with Gasteiger partial charge in [-0.1, -0.05) is 19.1 Å². The molecule has 1 N–H and O–H groups in total. The molecule has 0 amide bonds. The Balaban J connectivity index is 3.09. The molecule has 0 saturated carbocycles. The highest BCUT2D eigenvalue weighted by atomic mass is 16.5. The Morgan fingerprint density at radius 3 is 2.37 bits per heavy atom. The first-order valence-electron chi connectivity index (χ1n) is 6.99. The first-order chi connectivity index (χ1) is 9.01. The van der Waals surface area contributed by atoms with Gasteiger partial charge in [0.25, 0.3) is 0 Å². The van der Waals surface area contributed by atoms with E-state index in [9.17, 15) is 4.79 Å². The van der Waals surface area contributed by atoms with Crippen molar-refractivity contribution < 1.29 is 9.53 Å². The summed E-state index contributed by atoms with van der Waals surface area (Å²) in [7, 11) is 0. The van der Waals surface area contributed by atoms with Gasteiger partial charge in [-0.3, -0.25) is 0 Å². The van der Waals surface area contributed by atoms with Gasteiger partial charge in [-0.2, -0.15) is 0 Å². The quantitative estimate of drug-likeness (QED) is 0.801. The van der Waals surface area contributed by atoms with Crippen LogP contribution in [0.25, 0.3) is 0 Å². The van der Waals surface area contributed by atoms with Gasteiger partial charge >= 0.3 is 5.97 Å². The molecule has 1 aromatic rings. The molecule has 1 aromatic carbocycles. The maximum absolute atomic E-state index is 12.1. The molecule has 0 spiro atoms. The second-order valence-corrected chi connectivity index (χ2v) is 4.93. The van der Waals surface area contributed by atoms with Gasteiger partial charge in [0.15, 0.2) is 0 Å². The lowest BCUT2D eigenvalue weighted by molar-refractivity contribution is -0.145. The van der Waals surface area contributed by atoms with Gasteiger partial charge in [-0.15, -0.1) is 0 Å². The highest BCUT2D eigenvalue weighted by molar-refractivity contribution is 5.78. The second kappa shape index (κ2) is 7.29. The number of carbonyl (C=O) groups is 1. The largest absolute Gasteiger partial charge is 0.465 e. The molecule has 19 heavy (non-hydrogen) atoms. The lowest BCUT2D eigenvalue weighted by Gasteiger charge is -2.20. The van der Waals surface area contributed by atoms with E-state index in [0.29, 0.717) is 6.61 Å². The fourth-order valence-corrected chi connectivity index (χ4v) is 2.13. The Kier molecular flexibility index (Phi) is 6.03. The van der Waals surface area contributed by atoms with Crippen molar-refractivity contribution in [3.05, 3.63) is 34.4 Å². The standard InChI is InChI=1S/C16H25NO2/c1-6-8-17-15(16(18)19-7-2)14-10-12(4)11(3)9-13(14)5/h9-10,15,17H,6-8H2,1-5H3. The van der Waals surface area contributed by atoms with Gasteiger partial charge in [0.2, 0.25) is 0 Å². The zero-order valence-electron chi connectivity index (χ0n) is 12.7. The summed E-state index contributed by atoms with van der Waals surface area (Å²) in [6.07, 6.45) is 0.986. The molecular formula is C16H25NO2. The minimum Gasteiger partial charge on any atom is -0.465 e. The van der Waals surface area contributed by atoms with Gasteiger partial charge in [0.05, 0.1) is 6.61 Å². The Morgan fingerprint density at radius 1 is 1.16 bits per heavy atom. The van der Waals surface area contributed by atoms with Gasteiger partial charge < -0.3 is 10.1 Å². The molecule has 1 rings (SSSR count). The molecule has 0 aliphatic carbocycles. The van der Waals surface area contributed by atoms with Gasteiger partial charge in [-0.05, 0) is 62.9 Å². The molecule has 0 saturated heterocycles. The van der Waals surface area contributed by atoms with Crippen LogP contribution in [0.5, 0.6) is 0 Å². The Bertz CT molecular complexity index is 441. The zero-order chi connectivity index (χ0) is 14.4. The maximum Gasteiger partial charge on any atom is 0.327 e. The summed E-state index contributed by atoms with van der Waals surface area (Å²) < 4.78 is 5.18. The van der Waals surface area contributed by atoms with Crippen LogP contribution in [0.3, 0.4) is 0 Å². The van der Waals surface area contributed by atoms with E-state index in [-0.39, 0.29) is 12.0 Å². The molecule has 3 heteroatoms. The van der Waals surface area contributed by atoms with E-state index in [4.69, 9.17) is 4.74 Å². The number of esters is 1. The summed E-state index contributed by atoms with van der Waals surface area (Å²) in [6.45, 7) is 11.3. The number of carbonyl (C=O) groups excluding carboxylic acids is 1.